The highest BCUT2D eigenvalue weighted by molar-refractivity contribution is 5.24. The molecule has 0 aliphatic rings. The summed E-state index contributed by atoms with van der Waals surface area (Å²) in [6, 6.07) is 8.84. The molecule has 0 radical (unpaired) electrons. The maximum absolute atomic E-state index is 6.17. The van der Waals surface area contributed by atoms with Crippen LogP contribution in [0.3, 0.4) is 0 Å². The van der Waals surface area contributed by atoms with E-state index < -0.39 is 0 Å². The topological polar surface area (TPSA) is 26.0 Å². The summed E-state index contributed by atoms with van der Waals surface area (Å²) in [5.74, 6) is 0. The standard InChI is InChI=1S/C14H23N/c1-5-11-6-8-12(9-7-11)13(15)10-14(2,3)4/h6-9,13H,5,10,15H2,1-4H3. The molecule has 0 aliphatic carbocycles. The molecular weight excluding hydrogens is 182 g/mol. The molecule has 0 heterocycles. The number of nitrogens with two attached hydrogens (primary N) is 1. The van der Waals surface area contributed by atoms with E-state index in [9.17, 15) is 0 Å². The van der Waals surface area contributed by atoms with Crippen LogP contribution in [0.4, 0.5) is 0 Å². The average molecular weight is 205 g/mol. The molecule has 1 nitrogen and oxygen atoms in total. The molecule has 0 amide bonds. The summed E-state index contributed by atoms with van der Waals surface area (Å²) in [5.41, 5.74) is 9.10. The van der Waals surface area contributed by atoms with Crippen molar-refractivity contribution >= 4 is 0 Å². The van der Waals surface area contributed by atoms with Crippen molar-refractivity contribution in [2.24, 2.45) is 11.1 Å². The van der Waals surface area contributed by atoms with Gasteiger partial charge in [0.2, 0.25) is 0 Å². The first-order valence-electron chi connectivity index (χ1n) is 5.77. The van der Waals surface area contributed by atoms with Crippen molar-refractivity contribution in [3.63, 3.8) is 0 Å². The fraction of sp³-hybridized carbons (Fsp3) is 0.571. The predicted octanol–water partition coefficient (Wildman–Crippen LogP) is 3.69. The number of hydrogen-bond donors (Lipinski definition) is 1. The van der Waals surface area contributed by atoms with Gasteiger partial charge >= 0.3 is 0 Å². The van der Waals surface area contributed by atoms with Gasteiger partial charge in [0.15, 0.2) is 0 Å². The molecule has 15 heavy (non-hydrogen) atoms. The Balaban J connectivity index is 2.70. The van der Waals surface area contributed by atoms with Gasteiger partial charge in [-0.1, -0.05) is 52.0 Å². The smallest absolute Gasteiger partial charge is 0.0299 e. The minimum absolute atomic E-state index is 0.163. The fourth-order valence-corrected chi connectivity index (χ4v) is 1.78. The van der Waals surface area contributed by atoms with Crippen molar-refractivity contribution in [2.75, 3.05) is 0 Å². The van der Waals surface area contributed by atoms with E-state index in [1.807, 2.05) is 0 Å². The Morgan fingerprint density at radius 3 is 2.07 bits per heavy atom. The first-order chi connectivity index (χ1) is 6.92. The van der Waals surface area contributed by atoms with E-state index in [1.54, 1.807) is 0 Å². The molecule has 0 aliphatic heterocycles. The third-order valence-corrected chi connectivity index (χ3v) is 2.65. The second-order valence-corrected chi connectivity index (χ2v) is 5.47. The maximum atomic E-state index is 6.17. The highest BCUT2D eigenvalue weighted by Crippen LogP contribution is 2.27. The van der Waals surface area contributed by atoms with E-state index in [1.165, 1.54) is 11.1 Å². The summed E-state index contributed by atoms with van der Waals surface area (Å²) in [4.78, 5) is 0. The van der Waals surface area contributed by atoms with E-state index in [-0.39, 0.29) is 6.04 Å². The molecule has 0 bridgehead atoms. The zero-order valence-corrected chi connectivity index (χ0v) is 10.4. The molecule has 1 heteroatoms. The van der Waals surface area contributed by atoms with Gasteiger partial charge in [-0.05, 0) is 29.4 Å². The van der Waals surface area contributed by atoms with Crippen molar-refractivity contribution in [2.45, 2.75) is 46.6 Å². The first-order valence-corrected chi connectivity index (χ1v) is 5.77. The number of benzene rings is 1. The van der Waals surface area contributed by atoms with Crippen LogP contribution in [-0.2, 0) is 6.42 Å². The minimum Gasteiger partial charge on any atom is -0.324 e. The second-order valence-electron chi connectivity index (χ2n) is 5.47. The molecule has 0 spiro atoms. The van der Waals surface area contributed by atoms with Crippen LogP contribution in [-0.4, -0.2) is 0 Å². The lowest BCUT2D eigenvalue weighted by Crippen LogP contribution is -2.18. The monoisotopic (exact) mass is 205 g/mol. The number of hydrogen-bond acceptors (Lipinski definition) is 1. The van der Waals surface area contributed by atoms with Gasteiger partial charge in [-0.2, -0.15) is 0 Å². The Labute approximate surface area is 93.7 Å². The van der Waals surface area contributed by atoms with Crippen molar-refractivity contribution in [3.05, 3.63) is 35.4 Å². The first kappa shape index (κ1) is 12.3. The highest BCUT2D eigenvalue weighted by atomic mass is 14.6. The van der Waals surface area contributed by atoms with Crippen LogP contribution in [0, 0.1) is 5.41 Å². The third-order valence-electron chi connectivity index (χ3n) is 2.65. The zero-order chi connectivity index (χ0) is 11.5. The molecule has 0 saturated carbocycles. The van der Waals surface area contributed by atoms with Gasteiger partial charge in [0.1, 0.15) is 0 Å². The van der Waals surface area contributed by atoms with E-state index >= 15 is 0 Å². The molecule has 0 aromatic heterocycles. The van der Waals surface area contributed by atoms with E-state index in [0.29, 0.717) is 5.41 Å². The van der Waals surface area contributed by atoms with Crippen LogP contribution in [0.15, 0.2) is 24.3 Å². The number of aryl methyl sites for hydroxylation is 1. The Bertz CT molecular complexity index is 292. The van der Waals surface area contributed by atoms with Crippen LogP contribution in [0.5, 0.6) is 0 Å². The van der Waals surface area contributed by atoms with Crippen LogP contribution >= 0.6 is 0 Å². The molecule has 1 atom stereocenters. The number of rotatable bonds is 3. The Morgan fingerprint density at radius 2 is 1.67 bits per heavy atom. The van der Waals surface area contributed by atoms with Gasteiger partial charge in [0, 0.05) is 6.04 Å². The predicted molar refractivity (Wildman–Crippen MR) is 66.8 cm³/mol. The zero-order valence-electron chi connectivity index (χ0n) is 10.4. The summed E-state index contributed by atoms with van der Waals surface area (Å²) < 4.78 is 0. The Morgan fingerprint density at radius 1 is 1.13 bits per heavy atom. The molecule has 1 rings (SSSR count). The molecule has 1 unspecified atom stereocenters. The maximum Gasteiger partial charge on any atom is 0.0299 e. The molecule has 0 fully saturated rings. The van der Waals surface area contributed by atoms with Gasteiger partial charge < -0.3 is 5.73 Å². The van der Waals surface area contributed by atoms with E-state index in [4.69, 9.17) is 5.73 Å². The van der Waals surface area contributed by atoms with Crippen LogP contribution < -0.4 is 5.73 Å². The summed E-state index contributed by atoms with van der Waals surface area (Å²) in [5, 5.41) is 0. The third kappa shape index (κ3) is 4.05. The average Bonchev–Trinajstić information content (AvgIpc) is 2.15. The molecule has 0 saturated heterocycles. The Kier molecular flexibility index (Phi) is 3.92. The van der Waals surface area contributed by atoms with Crippen molar-refractivity contribution in [1.29, 1.82) is 0 Å². The van der Waals surface area contributed by atoms with Gasteiger partial charge in [-0.3, -0.25) is 0 Å². The lowest BCUT2D eigenvalue weighted by atomic mass is 9.86. The largest absolute Gasteiger partial charge is 0.324 e. The highest BCUT2D eigenvalue weighted by Gasteiger charge is 2.16. The van der Waals surface area contributed by atoms with E-state index in [2.05, 4.69) is 52.0 Å². The van der Waals surface area contributed by atoms with Gasteiger partial charge in [0.05, 0.1) is 0 Å². The molecule has 1 aromatic carbocycles. The summed E-state index contributed by atoms with van der Waals surface area (Å²) in [6.07, 6.45) is 2.12. The van der Waals surface area contributed by atoms with Crippen LogP contribution in [0.25, 0.3) is 0 Å². The molecule has 1 aromatic rings. The Hall–Kier alpha value is -0.820. The van der Waals surface area contributed by atoms with Crippen molar-refractivity contribution < 1.29 is 0 Å². The lowest BCUT2D eigenvalue weighted by Gasteiger charge is -2.23. The second kappa shape index (κ2) is 4.80. The fourth-order valence-electron chi connectivity index (χ4n) is 1.78. The minimum atomic E-state index is 0.163. The summed E-state index contributed by atoms with van der Waals surface area (Å²) >= 11 is 0. The van der Waals surface area contributed by atoms with Crippen molar-refractivity contribution in [1.82, 2.24) is 0 Å². The molecular formula is C14H23N. The summed E-state index contributed by atoms with van der Waals surface area (Å²) in [6.45, 7) is 8.86. The van der Waals surface area contributed by atoms with E-state index in [0.717, 1.165) is 12.8 Å². The van der Waals surface area contributed by atoms with Crippen LogP contribution in [0.1, 0.15) is 51.3 Å². The van der Waals surface area contributed by atoms with Gasteiger partial charge in [0.25, 0.3) is 0 Å². The lowest BCUT2D eigenvalue weighted by molar-refractivity contribution is 0.343. The summed E-state index contributed by atoms with van der Waals surface area (Å²) in [7, 11) is 0. The van der Waals surface area contributed by atoms with Gasteiger partial charge in [-0.15, -0.1) is 0 Å². The van der Waals surface area contributed by atoms with Gasteiger partial charge in [-0.25, -0.2) is 0 Å². The normalized spacial score (nSPS) is 13.9. The SMILES string of the molecule is CCc1ccc(C(N)CC(C)(C)C)cc1. The quantitative estimate of drug-likeness (QED) is 0.800. The van der Waals surface area contributed by atoms with Crippen LogP contribution in [0.2, 0.25) is 0 Å². The molecule has 2 N–H and O–H groups in total. The molecule has 84 valence electrons. The van der Waals surface area contributed by atoms with Crippen molar-refractivity contribution in [3.8, 4) is 0 Å².